The van der Waals surface area contributed by atoms with E-state index < -0.39 is 0 Å². The summed E-state index contributed by atoms with van der Waals surface area (Å²) in [4.78, 5) is 2.35. The van der Waals surface area contributed by atoms with Crippen molar-refractivity contribution < 1.29 is 0 Å². The molecule has 1 rings (SSSR count). The average Bonchev–Trinajstić information content (AvgIpc) is 2.61. The van der Waals surface area contributed by atoms with Crippen LogP contribution in [0.4, 0.5) is 0 Å². The van der Waals surface area contributed by atoms with E-state index in [2.05, 4.69) is 35.9 Å². The molecule has 1 heterocycles. The molecule has 0 amide bonds. The zero-order chi connectivity index (χ0) is 9.68. The van der Waals surface area contributed by atoms with Gasteiger partial charge in [0.1, 0.15) is 10.0 Å². The van der Waals surface area contributed by atoms with Crippen molar-refractivity contribution >= 4 is 11.3 Å². The van der Waals surface area contributed by atoms with Gasteiger partial charge in [0, 0.05) is 0 Å². The molecule has 0 N–H and O–H groups in total. The van der Waals surface area contributed by atoms with Crippen LogP contribution < -0.4 is 0 Å². The van der Waals surface area contributed by atoms with Gasteiger partial charge in [-0.15, -0.1) is 21.5 Å². The normalized spacial score (nSPS) is 11.1. The van der Waals surface area contributed by atoms with Crippen LogP contribution in [0.1, 0.15) is 30.8 Å². The van der Waals surface area contributed by atoms with Gasteiger partial charge < -0.3 is 0 Å². The molecule has 0 aliphatic heterocycles. The van der Waals surface area contributed by atoms with Crippen LogP contribution in [0.2, 0.25) is 0 Å². The summed E-state index contributed by atoms with van der Waals surface area (Å²) in [6.45, 7) is 9.57. The van der Waals surface area contributed by atoms with Crippen molar-refractivity contribution in [2.45, 2.75) is 33.7 Å². The molecule has 0 bridgehead atoms. The smallest absolute Gasteiger partial charge is 0.131 e. The third-order valence-corrected chi connectivity index (χ3v) is 3.12. The molecular formula is C9H17N3S. The van der Waals surface area contributed by atoms with Crippen molar-refractivity contribution in [1.29, 1.82) is 0 Å². The van der Waals surface area contributed by atoms with Crippen molar-refractivity contribution in [3.63, 3.8) is 0 Å². The molecule has 1 aromatic rings. The van der Waals surface area contributed by atoms with Gasteiger partial charge in [0.05, 0.1) is 6.54 Å². The minimum Gasteiger partial charge on any atom is -0.297 e. The molecule has 74 valence electrons. The monoisotopic (exact) mass is 199 g/mol. The Morgan fingerprint density at radius 3 is 2.15 bits per heavy atom. The van der Waals surface area contributed by atoms with Gasteiger partial charge in [0.15, 0.2) is 0 Å². The van der Waals surface area contributed by atoms with Crippen molar-refractivity contribution in [3.05, 3.63) is 10.0 Å². The maximum atomic E-state index is 4.15. The molecule has 13 heavy (non-hydrogen) atoms. The molecule has 3 nitrogen and oxygen atoms in total. The Kier molecular flexibility index (Phi) is 4.32. The van der Waals surface area contributed by atoms with Crippen molar-refractivity contribution in [1.82, 2.24) is 15.1 Å². The molecule has 1 aromatic heterocycles. The lowest BCUT2D eigenvalue weighted by Gasteiger charge is -2.15. The molecule has 0 saturated carbocycles. The second-order valence-electron chi connectivity index (χ2n) is 2.90. The number of aromatic nitrogens is 2. The van der Waals surface area contributed by atoms with E-state index in [1.54, 1.807) is 11.3 Å². The molecule has 0 saturated heterocycles. The average molecular weight is 199 g/mol. The van der Waals surface area contributed by atoms with Crippen LogP contribution in [-0.2, 0) is 13.0 Å². The van der Waals surface area contributed by atoms with Crippen LogP contribution in [-0.4, -0.2) is 28.2 Å². The highest BCUT2D eigenvalue weighted by atomic mass is 32.1. The Bertz CT molecular complexity index is 243. The van der Waals surface area contributed by atoms with Crippen LogP contribution >= 0.6 is 11.3 Å². The summed E-state index contributed by atoms with van der Waals surface area (Å²) >= 11 is 1.73. The van der Waals surface area contributed by atoms with Gasteiger partial charge in [-0.3, -0.25) is 4.90 Å². The third kappa shape index (κ3) is 3.04. The number of hydrogen-bond donors (Lipinski definition) is 0. The molecule has 0 atom stereocenters. The second-order valence-corrected chi connectivity index (χ2v) is 4.05. The highest BCUT2D eigenvalue weighted by Gasteiger charge is 2.05. The fraction of sp³-hybridized carbons (Fsp3) is 0.778. The minimum atomic E-state index is 0.949. The van der Waals surface area contributed by atoms with Crippen LogP contribution in [0.3, 0.4) is 0 Å². The lowest BCUT2D eigenvalue weighted by atomic mass is 10.5. The highest BCUT2D eigenvalue weighted by Crippen LogP contribution is 2.12. The van der Waals surface area contributed by atoms with Crippen LogP contribution in [0.25, 0.3) is 0 Å². The predicted molar refractivity (Wildman–Crippen MR) is 55.9 cm³/mol. The lowest BCUT2D eigenvalue weighted by Crippen LogP contribution is -2.21. The van der Waals surface area contributed by atoms with E-state index in [4.69, 9.17) is 0 Å². The SMILES string of the molecule is CCc1nnc(CN(CC)CC)s1. The first-order chi connectivity index (χ1) is 6.30. The second kappa shape index (κ2) is 5.29. The van der Waals surface area contributed by atoms with Gasteiger partial charge in [-0.25, -0.2) is 0 Å². The Balaban J connectivity index is 2.52. The number of rotatable bonds is 5. The Morgan fingerprint density at radius 2 is 1.69 bits per heavy atom. The Hall–Kier alpha value is -0.480. The van der Waals surface area contributed by atoms with Crippen molar-refractivity contribution in [3.8, 4) is 0 Å². The van der Waals surface area contributed by atoms with Gasteiger partial charge >= 0.3 is 0 Å². The number of hydrogen-bond acceptors (Lipinski definition) is 4. The van der Waals surface area contributed by atoms with Crippen LogP contribution in [0, 0.1) is 0 Å². The van der Waals surface area contributed by atoms with Gasteiger partial charge in [-0.2, -0.15) is 0 Å². The fourth-order valence-corrected chi connectivity index (χ4v) is 1.96. The standard InChI is InChI=1S/C9H17N3S/c1-4-8-10-11-9(13-8)7-12(5-2)6-3/h4-7H2,1-3H3. The zero-order valence-corrected chi connectivity index (χ0v) is 9.39. The molecule has 0 unspecified atom stereocenters. The first kappa shape index (κ1) is 10.6. The molecular weight excluding hydrogens is 182 g/mol. The van der Waals surface area contributed by atoms with E-state index >= 15 is 0 Å². The summed E-state index contributed by atoms with van der Waals surface area (Å²) in [6.07, 6.45) is 0.996. The number of nitrogens with zero attached hydrogens (tertiary/aromatic N) is 3. The zero-order valence-electron chi connectivity index (χ0n) is 8.58. The van der Waals surface area contributed by atoms with E-state index in [1.165, 1.54) is 0 Å². The van der Waals surface area contributed by atoms with E-state index in [0.717, 1.165) is 36.1 Å². The molecule has 0 aliphatic rings. The fourth-order valence-electron chi connectivity index (χ4n) is 1.13. The lowest BCUT2D eigenvalue weighted by molar-refractivity contribution is 0.294. The summed E-state index contributed by atoms with van der Waals surface area (Å²) in [5.74, 6) is 0. The largest absolute Gasteiger partial charge is 0.297 e. The van der Waals surface area contributed by atoms with Gasteiger partial charge in [-0.1, -0.05) is 20.8 Å². The summed E-state index contributed by atoms with van der Waals surface area (Å²) in [7, 11) is 0. The maximum Gasteiger partial charge on any atom is 0.131 e. The van der Waals surface area contributed by atoms with Crippen LogP contribution in [0.15, 0.2) is 0 Å². The molecule has 0 radical (unpaired) electrons. The quantitative estimate of drug-likeness (QED) is 0.725. The molecule has 0 fully saturated rings. The maximum absolute atomic E-state index is 4.15. The Morgan fingerprint density at radius 1 is 1.08 bits per heavy atom. The summed E-state index contributed by atoms with van der Waals surface area (Å²) < 4.78 is 0. The third-order valence-electron chi connectivity index (χ3n) is 2.06. The Labute approximate surface area is 83.8 Å². The van der Waals surface area contributed by atoms with E-state index in [0.29, 0.717) is 0 Å². The molecule has 0 aromatic carbocycles. The minimum absolute atomic E-state index is 0.949. The van der Waals surface area contributed by atoms with E-state index in [9.17, 15) is 0 Å². The van der Waals surface area contributed by atoms with Gasteiger partial charge in [0.2, 0.25) is 0 Å². The van der Waals surface area contributed by atoms with Gasteiger partial charge in [-0.05, 0) is 19.5 Å². The summed E-state index contributed by atoms with van der Waals surface area (Å²) in [5, 5.41) is 10.5. The first-order valence-electron chi connectivity index (χ1n) is 4.83. The molecule has 0 aliphatic carbocycles. The topological polar surface area (TPSA) is 29.0 Å². The molecule has 4 heteroatoms. The van der Waals surface area contributed by atoms with Gasteiger partial charge in [0.25, 0.3) is 0 Å². The summed E-state index contributed by atoms with van der Waals surface area (Å²) in [5.41, 5.74) is 0. The highest BCUT2D eigenvalue weighted by molar-refractivity contribution is 7.11. The molecule has 0 spiro atoms. The van der Waals surface area contributed by atoms with E-state index in [1.807, 2.05) is 0 Å². The summed E-state index contributed by atoms with van der Waals surface area (Å²) in [6, 6.07) is 0. The van der Waals surface area contributed by atoms with Crippen molar-refractivity contribution in [2.24, 2.45) is 0 Å². The number of aryl methyl sites for hydroxylation is 1. The van der Waals surface area contributed by atoms with E-state index in [-0.39, 0.29) is 0 Å². The van der Waals surface area contributed by atoms with Crippen LogP contribution in [0.5, 0.6) is 0 Å². The predicted octanol–water partition coefficient (Wildman–Crippen LogP) is 1.94. The first-order valence-corrected chi connectivity index (χ1v) is 5.65. The van der Waals surface area contributed by atoms with Crippen molar-refractivity contribution in [2.75, 3.05) is 13.1 Å².